The van der Waals surface area contributed by atoms with Gasteiger partial charge in [0.1, 0.15) is 17.2 Å². The average Bonchev–Trinajstić information content (AvgIpc) is 2.42. The average molecular weight is 315 g/mol. The minimum absolute atomic E-state index is 0.176. The number of nitrogen functional groups attached to an aromatic ring is 1. The largest absolute Gasteiger partial charge is 0.461 e. The van der Waals surface area contributed by atoms with Crippen molar-refractivity contribution in [2.45, 2.75) is 19.5 Å². The van der Waals surface area contributed by atoms with Gasteiger partial charge >= 0.3 is 12.5 Å². The van der Waals surface area contributed by atoms with Gasteiger partial charge in [-0.3, -0.25) is 0 Å². The van der Waals surface area contributed by atoms with E-state index in [0.29, 0.717) is 11.4 Å². The van der Waals surface area contributed by atoms with Gasteiger partial charge in [-0.2, -0.15) is 17.6 Å². The third-order valence-corrected chi connectivity index (χ3v) is 2.74. The summed E-state index contributed by atoms with van der Waals surface area (Å²) in [6, 6.07) is 10.0. The molecule has 118 valence electrons. The molecule has 0 aliphatic carbocycles. The second-order valence-corrected chi connectivity index (χ2v) is 4.57. The topological polar surface area (TPSA) is 44.5 Å². The van der Waals surface area contributed by atoms with Crippen molar-refractivity contribution >= 4 is 5.69 Å². The molecule has 0 radical (unpaired) electrons. The molecule has 0 heterocycles. The highest BCUT2D eigenvalue weighted by molar-refractivity contribution is 5.48. The van der Waals surface area contributed by atoms with E-state index >= 15 is 0 Å². The number of rotatable bonds is 5. The smallest absolute Gasteiger partial charge is 0.457 e. The van der Waals surface area contributed by atoms with Crippen LogP contribution in [0.4, 0.5) is 23.2 Å². The van der Waals surface area contributed by atoms with Crippen molar-refractivity contribution in [1.29, 1.82) is 0 Å². The summed E-state index contributed by atoms with van der Waals surface area (Å²) in [6.07, 6.45) is -8.48. The van der Waals surface area contributed by atoms with Gasteiger partial charge in [0, 0.05) is 11.8 Å². The van der Waals surface area contributed by atoms with Crippen molar-refractivity contribution < 1.29 is 27.0 Å². The fourth-order valence-electron chi connectivity index (χ4n) is 1.72. The van der Waals surface area contributed by atoms with Crippen molar-refractivity contribution in [1.82, 2.24) is 0 Å². The Labute approximate surface area is 124 Å². The van der Waals surface area contributed by atoms with E-state index in [1.165, 1.54) is 12.1 Å². The van der Waals surface area contributed by atoms with Crippen LogP contribution in [0.25, 0.3) is 0 Å². The van der Waals surface area contributed by atoms with E-state index in [2.05, 4.69) is 4.74 Å². The zero-order valence-electron chi connectivity index (χ0n) is 11.5. The fraction of sp³-hybridized carbons (Fsp3) is 0.200. The molecule has 0 saturated heterocycles. The minimum Gasteiger partial charge on any atom is -0.457 e. The van der Waals surface area contributed by atoms with Crippen LogP contribution in [0.3, 0.4) is 0 Å². The molecule has 0 atom stereocenters. The van der Waals surface area contributed by atoms with Gasteiger partial charge in [0.05, 0.1) is 0 Å². The Morgan fingerprint density at radius 2 is 1.73 bits per heavy atom. The molecular weight excluding hydrogens is 302 g/mol. The van der Waals surface area contributed by atoms with E-state index in [1.807, 2.05) is 0 Å². The first-order chi connectivity index (χ1) is 10.3. The maximum atomic E-state index is 12.9. The van der Waals surface area contributed by atoms with Gasteiger partial charge in [-0.05, 0) is 42.8 Å². The first-order valence-corrected chi connectivity index (χ1v) is 6.27. The molecule has 0 aliphatic rings. The van der Waals surface area contributed by atoms with Gasteiger partial charge in [0.15, 0.2) is 0 Å². The fourth-order valence-corrected chi connectivity index (χ4v) is 1.72. The highest BCUT2D eigenvalue weighted by Crippen LogP contribution is 2.32. The number of hydrogen-bond acceptors (Lipinski definition) is 3. The Morgan fingerprint density at radius 1 is 1.05 bits per heavy atom. The maximum Gasteiger partial charge on any atom is 0.461 e. The third kappa shape index (κ3) is 3.81. The van der Waals surface area contributed by atoms with Crippen LogP contribution < -0.4 is 15.2 Å². The molecule has 0 fully saturated rings. The summed E-state index contributed by atoms with van der Waals surface area (Å²) in [6.45, 7) is 1.76. The van der Waals surface area contributed by atoms with E-state index in [4.69, 9.17) is 10.5 Å². The zero-order valence-corrected chi connectivity index (χ0v) is 11.5. The van der Waals surface area contributed by atoms with Gasteiger partial charge in [0.2, 0.25) is 0 Å². The van der Waals surface area contributed by atoms with Crippen molar-refractivity contribution in [2.24, 2.45) is 0 Å². The first-order valence-electron chi connectivity index (χ1n) is 6.27. The molecule has 0 aliphatic heterocycles. The summed E-state index contributed by atoms with van der Waals surface area (Å²) < 4.78 is 59.5. The molecular formula is C15H13F4NO2. The van der Waals surface area contributed by atoms with Crippen LogP contribution in [0, 0.1) is 6.92 Å². The molecule has 3 nitrogen and oxygen atoms in total. The molecule has 2 N–H and O–H groups in total. The predicted octanol–water partition coefficient (Wildman–Crippen LogP) is 4.61. The van der Waals surface area contributed by atoms with Gasteiger partial charge < -0.3 is 15.2 Å². The Balaban J connectivity index is 2.18. The molecule has 0 spiro atoms. The van der Waals surface area contributed by atoms with Crippen LogP contribution in [-0.4, -0.2) is 12.5 Å². The van der Waals surface area contributed by atoms with Gasteiger partial charge in [0.25, 0.3) is 0 Å². The number of anilines is 1. The lowest BCUT2D eigenvalue weighted by Crippen LogP contribution is -2.33. The van der Waals surface area contributed by atoms with E-state index in [-0.39, 0.29) is 5.75 Å². The number of ether oxygens (including phenoxy) is 2. The van der Waals surface area contributed by atoms with Crippen LogP contribution in [0.1, 0.15) is 5.56 Å². The number of halogens is 4. The van der Waals surface area contributed by atoms with Gasteiger partial charge in [-0.15, -0.1) is 0 Å². The highest BCUT2D eigenvalue weighted by atomic mass is 19.3. The van der Waals surface area contributed by atoms with Crippen LogP contribution in [0.5, 0.6) is 17.2 Å². The lowest BCUT2D eigenvalue weighted by atomic mass is 10.2. The van der Waals surface area contributed by atoms with E-state index in [9.17, 15) is 17.6 Å². The molecule has 2 rings (SSSR count). The number of aryl methyl sites for hydroxylation is 1. The molecule has 0 bridgehead atoms. The minimum atomic E-state index is -4.56. The lowest BCUT2D eigenvalue weighted by molar-refractivity contribution is -0.253. The SMILES string of the molecule is Cc1cc(N)ccc1Oc1cccc(OC(F)(F)C(F)F)c1. The van der Waals surface area contributed by atoms with Crippen LogP contribution in [-0.2, 0) is 0 Å². The van der Waals surface area contributed by atoms with Crippen molar-refractivity contribution in [3.8, 4) is 17.2 Å². The van der Waals surface area contributed by atoms with Crippen LogP contribution in [0.2, 0.25) is 0 Å². The molecule has 0 aromatic heterocycles. The van der Waals surface area contributed by atoms with E-state index < -0.39 is 18.3 Å². The molecule has 2 aromatic carbocycles. The second kappa shape index (κ2) is 6.13. The summed E-state index contributed by atoms with van der Waals surface area (Å²) in [7, 11) is 0. The summed E-state index contributed by atoms with van der Waals surface area (Å²) in [5.74, 6) is 0.221. The quantitative estimate of drug-likeness (QED) is 0.647. The first kappa shape index (κ1) is 15.9. The number of alkyl halides is 4. The monoisotopic (exact) mass is 315 g/mol. The number of nitrogens with two attached hydrogens (primary N) is 1. The van der Waals surface area contributed by atoms with Crippen molar-refractivity contribution in [3.05, 3.63) is 48.0 Å². The van der Waals surface area contributed by atoms with Crippen LogP contribution in [0.15, 0.2) is 42.5 Å². The second-order valence-electron chi connectivity index (χ2n) is 4.57. The van der Waals surface area contributed by atoms with Crippen molar-refractivity contribution in [3.63, 3.8) is 0 Å². The number of hydrogen-bond donors (Lipinski definition) is 1. The lowest BCUT2D eigenvalue weighted by Gasteiger charge is -2.17. The van der Waals surface area contributed by atoms with Gasteiger partial charge in [-0.25, -0.2) is 0 Å². The molecule has 0 saturated carbocycles. The van der Waals surface area contributed by atoms with E-state index in [0.717, 1.165) is 17.7 Å². The van der Waals surface area contributed by atoms with Crippen molar-refractivity contribution in [2.75, 3.05) is 5.73 Å². The normalized spacial score (nSPS) is 11.5. The summed E-state index contributed by atoms with van der Waals surface area (Å²) >= 11 is 0. The molecule has 0 amide bonds. The summed E-state index contributed by atoms with van der Waals surface area (Å²) in [5, 5.41) is 0. The molecule has 7 heteroatoms. The van der Waals surface area contributed by atoms with E-state index in [1.54, 1.807) is 25.1 Å². The Bertz CT molecular complexity index is 662. The molecule has 2 aromatic rings. The Morgan fingerprint density at radius 3 is 2.36 bits per heavy atom. The summed E-state index contributed by atoms with van der Waals surface area (Å²) in [4.78, 5) is 0. The maximum absolute atomic E-state index is 12.9. The number of benzene rings is 2. The Hall–Kier alpha value is -2.44. The standard InChI is InChI=1S/C15H13F4NO2/c1-9-7-10(20)5-6-13(9)21-11-3-2-4-12(8-11)22-15(18,19)14(16)17/h2-8,14H,20H2,1H3. The molecule has 0 unspecified atom stereocenters. The van der Waals surface area contributed by atoms with Gasteiger partial charge in [-0.1, -0.05) is 6.07 Å². The highest BCUT2D eigenvalue weighted by Gasteiger charge is 2.44. The predicted molar refractivity (Wildman–Crippen MR) is 73.7 cm³/mol. The zero-order chi connectivity index (χ0) is 16.3. The molecule has 22 heavy (non-hydrogen) atoms. The summed E-state index contributed by atoms with van der Waals surface area (Å²) in [5.41, 5.74) is 6.91. The third-order valence-electron chi connectivity index (χ3n) is 2.74. The van der Waals surface area contributed by atoms with Crippen LogP contribution >= 0.6 is 0 Å². The Kier molecular flexibility index (Phi) is 4.44.